The van der Waals surface area contributed by atoms with Gasteiger partial charge in [-0.1, -0.05) is 12.1 Å². The zero-order valence-electron chi connectivity index (χ0n) is 15.3. The van der Waals surface area contributed by atoms with E-state index < -0.39 is 0 Å². The molecule has 0 saturated carbocycles. The summed E-state index contributed by atoms with van der Waals surface area (Å²) in [6, 6.07) is 7.57. The molecule has 3 unspecified atom stereocenters. The molecule has 0 radical (unpaired) electrons. The van der Waals surface area contributed by atoms with Gasteiger partial charge in [-0.2, -0.15) is 11.8 Å². The first kappa shape index (κ1) is 19.6. The lowest BCUT2D eigenvalue weighted by atomic mass is 9.99. The average molecular weight is 381 g/mol. The Bertz CT molecular complexity index is 597. The average Bonchev–Trinajstić information content (AvgIpc) is 3.11. The van der Waals surface area contributed by atoms with Crippen LogP contribution in [0.25, 0.3) is 0 Å². The number of hydrogen-bond acceptors (Lipinski definition) is 5. The Morgan fingerprint density at radius 3 is 3.00 bits per heavy atom. The molecule has 1 aromatic carbocycles. The third-order valence-electron chi connectivity index (χ3n) is 5.12. The van der Waals surface area contributed by atoms with Crippen LogP contribution in [0.5, 0.6) is 0 Å². The SMILES string of the molecule is CN(CCCC1CC(c2cccc(F)c2)NN1)C(=O)CC1CSCCN1. The van der Waals surface area contributed by atoms with Gasteiger partial charge in [-0.15, -0.1) is 0 Å². The largest absolute Gasteiger partial charge is 0.346 e. The predicted octanol–water partition coefficient (Wildman–Crippen LogP) is 2.07. The zero-order chi connectivity index (χ0) is 18.4. The first-order valence-corrected chi connectivity index (χ1v) is 10.6. The number of hydrazine groups is 1. The number of hydrogen-bond donors (Lipinski definition) is 3. The number of rotatable bonds is 7. The lowest BCUT2D eigenvalue weighted by molar-refractivity contribution is -0.130. The molecule has 0 bridgehead atoms. The lowest BCUT2D eigenvalue weighted by Crippen LogP contribution is -2.42. The third-order valence-corrected chi connectivity index (χ3v) is 6.26. The Balaban J connectivity index is 1.35. The molecule has 2 aliphatic heterocycles. The van der Waals surface area contributed by atoms with E-state index in [-0.39, 0.29) is 17.8 Å². The van der Waals surface area contributed by atoms with Gasteiger partial charge in [0.15, 0.2) is 0 Å². The van der Waals surface area contributed by atoms with Crippen molar-refractivity contribution in [1.82, 2.24) is 21.1 Å². The number of carbonyl (C=O) groups excluding carboxylic acids is 1. The Morgan fingerprint density at radius 2 is 2.23 bits per heavy atom. The van der Waals surface area contributed by atoms with E-state index in [0.717, 1.165) is 49.4 Å². The smallest absolute Gasteiger partial charge is 0.223 e. The van der Waals surface area contributed by atoms with E-state index >= 15 is 0 Å². The summed E-state index contributed by atoms with van der Waals surface area (Å²) in [6.45, 7) is 1.78. The van der Waals surface area contributed by atoms with Crippen LogP contribution in [0.2, 0.25) is 0 Å². The molecule has 144 valence electrons. The van der Waals surface area contributed by atoms with Crippen LogP contribution in [-0.4, -0.2) is 54.5 Å². The number of nitrogens with zero attached hydrogens (tertiary/aromatic N) is 1. The maximum atomic E-state index is 13.4. The van der Waals surface area contributed by atoms with Crippen LogP contribution >= 0.6 is 11.8 Å². The summed E-state index contributed by atoms with van der Waals surface area (Å²) in [7, 11) is 1.90. The van der Waals surface area contributed by atoms with Crippen molar-refractivity contribution in [2.75, 3.05) is 31.6 Å². The predicted molar refractivity (Wildman–Crippen MR) is 104 cm³/mol. The monoisotopic (exact) mass is 380 g/mol. The van der Waals surface area contributed by atoms with Crippen molar-refractivity contribution in [3.05, 3.63) is 35.6 Å². The van der Waals surface area contributed by atoms with Gasteiger partial charge >= 0.3 is 0 Å². The summed E-state index contributed by atoms with van der Waals surface area (Å²) in [5.74, 6) is 2.19. The lowest BCUT2D eigenvalue weighted by Gasteiger charge is -2.25. The van der Waals surface area contributed by atoms with E-state index in [1.165, 1.54) is 6.07 Å². The highest BCUT2D eigenvalue weighted by Gasteiger charge is 2.25. The number of amides is 1. The molecule has 5 nitrogen and oxygen atoms in total. The van der Waals surface area contributed by atoms with E-state index in [4.69, 9.17) is 0 Å². The maximum absolute atomic E-state index is 13.4. The standard InChI is InChI=1S/C19H29FN4OS/c1-24(19(25)12-17-13-26-9-7-21-17)8-3-6-16-11-18(23-22-16)14-4-2-5-15(20)10-14/h2,4-5,10,16-18,21-23H,3,6-9,11-13H2,1H3. The highest BCUT2D eigenvalue weighted by molar-refractivity contribution is 7.99. The van der Waals surface area contributed by atoms with E-state index in [1.54, 1.807) is 12.1 Å². The second kappa shape index (κ2) is 9.69. The van der Waals surface area contributed by atoms with Crippen LogP contribution in [0, 0.1) is 5.82 Å². The molecule has 2 heterocycles. The van der Waals surface area contributed by atoms with Gasteiger partial charge in [-0.05, 0) is 37.0 Å². The molecular formula is C19H29FN4OS. The summed E-state index contributed by atoms with van der Waals surface area (Å²) in [5, 5.41) is 3.42. The Morgan fingerprint density at radius 1 is 1.35 bits per heavy atom. The molecule has 26 heavy (non-hydrogen) atoms. The van der Waals surface area contributed by atoms with E-state index in [1.807, 2.05) is 29.8 Å². The van der Waals surface area contributed by atoms with Crippen LogP contribution in [0.1, 0.15) is 37.3 Å². The molecule has 3 N–H and O–H groups in total. The van der Waals surface area contributed by atoms with Crippen LogP contribution in [0.4, 0.5) is 4.39 Å². The topological polar surface area (TPSA) is 56.4 Å². The molecule has 7 heteroatoms. The van der Waals surface area contributed by atoms with Crippen LogP contribution < -0.4 is 16.2 Å². The summed E-state index contributed by atoms with van der Waals surface area (Å²) >= 11 is 1.92. The van der Waals surface area contributed by atoms with Crippen molar-refractivity contribution in [1.29, 1.82) is 0 Å². The molecule has 2 aliphatic rings. The fourth-order valence-electron chi connectivity index (χ4n) is 3.57. The summed E-state index contributed by atoms with van der Waals surface area (Å²) in [6.07, 6.45) is 3.48. The van der Waals surface area contributed by atoms with Gasteiger partial charge in [-0.25, -0.2) is 4.39 Å². The Hall–Kier alpha value is -1.15. The van der Waals surface area contributed by atoms with Gasteiger partial charge in [0.25, 0.3) is 0 Å². The van der Waals surface area contributed by atoms with Crippen molar-refractivity contribution in [3.63, 3.8) is 0 Å². The second-order valence-electron chi connectivity index (χ2n) is 7.22. The first-order chi connectivity index (χ1) is 12.6. The van der Waals surface area contributed by atoms with Crippen molar-refractivity contribution < 1.29 is 9.18 Å². The van der Waals surface area contributed by atoms with Crippen LogP contribution in [-0.2, 0) is 4.79 Å². The molecular weight excluding hydrogens is 351 g/mol. The normalized spacial score (nSPS) is 26.0. The summed E-state index contributed by atoms with van der Waals surface area (Å²) < 4.78 is 13.4. The van der Waals surface area contributed by atoms with Gasteiger partial charge in [0.2, 0.25) is 5.91 Å². The Kier molecular flexibility index (Phi) is 7.31. The third kappa shape index (κ3) is 5.67. The van der Waals surface area contributed by atoms with Crippen molar-refractivity contribution in [3.8, 4) is 0 Å². The van der Waals surface area contributed by atoms with Crippen LogP contribution in [0.3, 0.4) is 0 Å². The van der Waals surface area contributed by atoms with Gasteiger partial charge in [0.05, 0.1) is 0 Å². The molecule has 1 aromatic rings. The summed E-state index contributed by atoms with van der Waals surface area (Å²) in [5.41, 5.74) is 7.54. The fourth-order valence-corrected chi connectivity index (χ4v) is 4.52. The minimum Gasteiger partial charge on any atom is -0.346 e. The van der Waals surface area contributed by atoms with Crippen LogP contribution in [0.15, 0.2) is 24.3 Å². The molecule has 0 aliphatic carbocycles. The Labute approximate surface area is 159 Å². The van der Waals surface area contributed by atoms with Gasteiger partial charge in [0.1, 0.15) is 5.82 Å². The minimum atomic E-state index is -0.196. The quantitative estimate of drug-likeness (QED) is 0.676. The number of thioether (sulfide) groups is 1. The number of nitrogens with one attached hydrogen (secondary N) is 3. The number of benzene rings is 1. The summed E-state index contributed by atoms with van der Waals surface area (Å²) in [4.78, 5) is 14.2. The first-order valence-electron chi connectivity index (χ1n) is 9.43. The highest BCUT2D eigenvalue weighted by Crippen LogP contribution is 2.24. The molecule has 0 spiro atoms. The molecule has 3 atom stereocenters. The number of carbonyl (C=O) groups is 1. The van der Waals surface area contributed by atoms with E-state index in [2.05, 4.69) is 16.2 Å². The highest BCUT2D eigenvalue weighted by atomic mass is 32.2. The number of halogens is 1. The minimum absolute atomic E-state index is 0.143. The second-order valence-corrected chi connectivity index (χ2v) is 8.37. The molecule has 3 rings (SSSR count). The van der Waals surface area contributed by atoms with Gasteiger partial charge < -0.3 is 10.2 Å². The van der Waals surface area contributed by atoms with Gasteiger partial charge in [0, 0.05) is 56.2 Å². The molecule has 2 fully saturated rings. The van der Waals surface area contributed by atoms with E-state index in [0.29, 0.717) is 18.5 Å². The van der Waals surface area contributed by atoms with Crippen molar-refractivity contribution in [2.24, 2.45) is 0 Å². The maximum Gasteiger partial charge on any atom is 0.223 e. The zero-order valence-corrected chi connectivity index (χ0v) is 16.2. The van der Waals surface area contributed by atoms with E-state index in [9.17, 15) is 9.18 Å². The molecule has 0 aromatic heterocycles. The fraction of sp³-hybridized carbons (Fsp3) is 0.632. The molecule has 1 amide bonds. The van der Waals surface area contributed by atoms with Crippen molar-refractivity contribution in [2.45, 2.75) is 43.8 Å². The van der Waals surface area contributed by atoms with Crippen molar-refractivity contribution >= 4 is 17.7 Å². The van der Waals surface area contributed by atoms with Gasteiger partial charge in [-0.3, -0.25) is 15.6 Å². The molecule has 2 saturated heterocycles.